The average Bonchev–Trinajstić information content (AvgIpc) is 3.39. The number of carbonyl (C=O) groups excluding carboxylic acids is 4. The zero-order chi connectivity index (χ0) is 23.5. The van der Waals surface area contributed by atoms with Gasteiger partial charge in [0.15, 0.2) is 6.10 Å². The van der Waals surface area contributed by atoms with Crippen molar-refractivity contribution in [3.05, 3.63) is 65.4 Å². The molecule has 1 fully saturated rings. The molecule has 1 unspecified atom stereocenters. The van der Waals surface area contributed by atoms with Crippen molar-refractivity contribution < 1.29 is 23.9 Å². The zero-order valence-electron chi connectivity index (χ0n) is 18.5. The Kier molecular flexibility index (Phi) is 6.26. The van der Waals surface area contributed by atoms with Crippen molar-refractivity contribution in [2.45, 2.75) is 32.8 Å². The third-order valence-electron chi connectivity index (χ3n) is 5.73. The molecule has 170 valence electrons. The van der Waals surface area contributed by atoms with Crippen LogP contribution in [0.4, 0.5) is 5.69 Å². The molecule has 4 rings (SSSR count). The lowest BCUT2D eigenvalue weighted by atomic mass is 10.0. The fourth-order valence-electron chi connectivity index (χ4n) is 4.06. The highest BCUT2D eigenvalue weighted by Gasteiger charge is 2.25. The fourth-order valence-corrected chi connectivity index (χ4v) is 4.06. The van der Waals surface area contributed by atoms with E-state index in [0.717, 1.165) is 23.0 Å². The number of fused-ring (bicyclic) bond motifs is 1. The van der Waals surface area contributed by atoms with Crippen LogP contribution in [-0.4, -0.2) is 47.7 Å². The highest BCUT2D eigenvalue weighted by molar-refractivity contribution is 6.11. The van der Waals surface area contributed by atoms with Crippen LogP contribution in [0.2, 0.25) is 0 Å². The number of anilines is 1. The van der Waals surface area contributed by atoms with Gasteiger partial charge in [-0.3, -0.25) is 19.2 Å². The molecule has 1 aromatic heterocycles. The van der Waals surface area contributed by atoms with Gasteiger partial charge in [0.2, 0.25) is 11.7 Å². The Morgan fingerprint density at radius 3 is 2.55 bits per heavy atom. The van der Waals surface area contributed by atoms with Crippen LogP contribution in [-0.2, 0) is 14.3 Å². The molecule has 8 nitrogen and oxygen atoms in total. The topological polar surface area (TPSA) is 109 Å². The van der Waals surface area contributed by atoms with Crippen LogP contribution >= 0.6 is 0 Å². The number of benzene rings is 2. The minimum absolute atomic E-state index is 0.0708. The predicted octanol–water partition coefficient (Wildman–Crippen LogP) is 3.15. The highest BCUT2D eigenvalue weighted by Crippen LogP contribution is 2.24. The first-order valence-electron chi connectivity index (χ1n) is 10.8. The Hall–Kier alpha value is -3.94. The van der Waals surface area contributed by atoms with E-state index in [9.17, 15) is 19.2 Å². The Bertz CT molecular complexity index is 1230. The molecule has 0 aliphatic carbocycles. The summed E-state index contributed by atoms with van der Waals surface area (Å²) in [4.78, 5) is 54.2. The van der Waals surface area contributed by atoms with Crippen LogP contribution in [0.3, 0.4) is 0 Å². The summed E-state index contributed by atoms with van der Waals surface area (Å²) in [6.45, 7) is 3.62. The molecule has 1 atom stereocenters. The predicted molar refractivity (Wildman–Crippen MR) is 123 cm³/mol. The van der Waals surface area contributed by atoms with E-state index in [4.69, 9.17) is 4.74 Å². The third kappa shape index (κ3) is 4.64. The number of aromatic nitrogens is 1. The van der Waals surface area contributed by atoms with Gasteiger partial charge in [-0.1, -0.05) is 18.2 Å². The largest absolute Gasteiger partial charge is 0.453 e. The summed E-state index contributed by atoms with van der Waals surface area (Å²) in [6.07, 6.45) is 0.361. The van der Waals surface area contributed by atoms with Crippen molar-refractivity contribution in [3.8, 4) is 0 Å². The standard InChI is InChI=1S/C25H25N3O5/c1-15-23(19-6-3-4-7-20(19)27-15)24(31)16(2)33-22(30)14-26-25(32)17-9-11-18(12-10-17)28-13-5-8-21(28)29/h3-4,6-7,9-12,16,27H,5,8,13-14H2,1-2H3,(H,26,32). The smallest absolute Gasteiger partial charge is 0.326 e. The molecule has 0 saturated carbocycles. The number of aryl methyl sites for hydroxylation is 1. The number of esters is 1. The number of aromatic amines is 1. The van der Waals surface area contributed by atoms with E-state index in [2.05, 4.69) is 10.3 Å². The van der Waals surface area contributed by atoms with Crippen molar-refractivity contribution in [2.75, 3.05) is 18.0 Å². The lowest BCUT2D eigenvalue weighted by molar-refractivity contribution is -0.145. The summed E-state index contributed by atoms with van der Waals surface area (Å²) < 4.78 is 5.26. The highest BCUT2D eigenvalue weighted by atomic mass is 16.5. The average molecular weight is 447 g/mol. The quantitative estimate of drug-likeness (QED) is 0.427. The normalized spacial score (nSPS) is 14.4. The van der Waals surface area contributed by atoms with Gasteiger partial charge in [0, 0.05) is 46.4 Å². The molecule has 2 N–H and O–H groups in total. The van der Waals surface area contributed by atoms with Gasteiger partial charge in [0.25, 0.3) is 5.91 Å². The summed E-state index contributed by atoms with van der Waals surface area (Å²) >= 11 is 0. The van der Waals surface area contributed by atoms with Gasteiger partial charge in [0.1, 0.15) is 6.54 Å². The van der Waals surface area contributed by atoms with Crippen molar-refractivity contribution in [1.29, 1.82) is 0 Å². The van der Waals surface area contributed by atoms with E-state index in [1.165, 1.54) is 6.92 Å². The molecule has 1 saturated heterocycles. The summed E-state index contributed by atoms with van der Waals surface area (Å²) in [5, 5.41) is 3.28. The van der Waals surface area contributed by atoms with E-state index in [-0.39, 0.29) is 18.2 Å². The molecule has 2 aromatic carbocycles. The van der Waals surface area contributed by atoms with Crippen LogP contribution in [0.5, 0.6) is 0 Å². The third-order valence-corrected chi connectivity index (χ3v) is 5.73. The minimum Gasteiger partial charge on any atom is -0.453 e. The first-order valence-corrected chi connectivity index (χ1v) is 10.8. The molecular formula is C25H25N3O5. The maximum absolute atomic E-state index is 12.9. The van der Waals surface area contributed by atoms with Crippen molar-refractivity contribution in [2.24, 2.45) is 0 Å². The maximum atomic E-state index is 12.9. The molecule has 0 radical (unpaired) electrons. The monoisotopic (exact) mass is 447 g/mol. The molecule has 2 heterocycles. The number of para-hydroxylation sites is 1. The molecule has 1 aliphatic heterocycles. The molecule has 33 heavy (non-hydrogen) atoms. The molecular weight excluding hydrogens is 422 g/mol. The Morgan fingerprint density at radius 1 is 1.12 bits per heavy atom. The second-order valence-electron chi connectivity index (χ2n) is 8.05. The number of hydrogen-bond acceptors (Lipinski definition) is 5. The number of ketones is 1. The number of Topliss-reactive ketones (excluding diaryl/α,β-unsaturated/α-hetero) is 1. The van der Waals surface area contributed by atoms with E-state index in [0.29, 0.717) is 29.8 Å². The van der Waals surface area contributed by atoms with Gasteiger partial charge >= 0.3 is 5.97 Å². The second kappa shape index (κ2) is 9.28. The number of hydrogen-bond donors (Lipinski definition) is 2. The maximum Gasteiger partial charge on any atom is 0.326 e. The number of ether oxygens (including phenoxy) is 1. The summed E-state index contributed by atoms with van der Waals surface area (Å²) in [6, 6.07) is 14.1. The second-order valence-corrected chi connectivity index (χ2v) is 8.05. The zero-order valence-corrected chi connectivity index (χ0v) is 18.5. The number of nitrogens with one attached hydrogen (secondary N) is 2. The molecule has 0 spiro atoms. The van der Waals surface area contributed by atoms with Crippen LogP contribution in [0.1, 0.15) is 46.2 Å². The van der Waals surface area contributed by atoms with Crippen LogP contribution in [0.25, 0.3) is 10.9 Å². The Morgan fingerprint density at radius 2 is 1.85 bits per heavy atom. The SMILES string of the molecule is Cc1[nH]c2ccccc2c1C(=O)C(C)OC(=O)CNC(=O)c1ccc(N2CCCC2=O)cc1. The molecule has 2 amide bonds. The van der Waals surface area contributed by atoms with Gasteiger partial charge in [-0.25, -0.2) is 0 Å². The van der Waals surface area contributed by atoms with Gasteiger partial charge < -0.3 is 19.9 Å². The number of H-pyrrole nitrogens is 1. The van der Waals surface area contributed by atoms with Crippen LogP contribution in [0, 0.1) is 6.92 Å². The van der Waals surface area contributed by atoms with Gasteiger partial charge in [-0.05, 0) is 50.6 Å². The number of nitrogens with zero attached hydrogens (tertiary/aromatic N) is 1. The van der Waals surface area contributed by atoms with E-state index >= 15 is 0 Å². The number of carbonyl (C=O) groups is 4. The lowest BCUT2D eigenvalue weighted by Gasteiger charge is -2.16. The van der Waals surface area contributed by atoms with Crippen molar-refractivity contribution in [1.82, 2.24) is 10.3 Å². The summed E-state index contributed by atoms with van der Waals surface area (Å²) in [5.74, 6) is -1.39. The van der Waals surface area contributed by atoms with E-state index in [1.807, 2.05) is 24.3 Å². The van der Waals surface area contributed by atoms with Gasteiger partial charge in [-0.15, -0.1) is 0 Å². The number of rotatable bonds is 7. The van der Waals surface area contributed by atoms with E-state index in [1.54, 1.807) is 36.1 Å². The fraction of sp³-hybridized carbons (Fsp3) is 0.280. The summed E-state index contributed by atoms with van der Waals surface area (Å²) in [7, 11) is 0. The van der Waals surface area contributed by atoms with Crippen molar-refractivity contribution >= 4 is 40.2 Å². The molecule has 3 aromatic rings. The van der Waals surface area contributed by atoms with Gasteiger partial charge in [-0.2, -0.15) is 0 Å². The number of amides is 2. The first kappa shape index (κ1) is 22.3. The van der Waals surface area contributed by atoms with Gasteiger partial charge in [0.05, 0.1) is 0 Å². The minimum atomic E-state index is -0.996. The molecule has 0 bridgehead atoms. The summed E-state index contributed by atoms with van der Waals surface area (Å²) in [5.41, 5.74) is 3.14. The first-order chi connectivity index (χ1) is 15.8. The van der Waals surface area contributed by atoms with Crippen LogP contribution < -0.4 is 10.2 Å². The Balaban J connectivity index is 1.32. The lowest BCUT2D eigenvalue weighted by Crippen LogP contribution is -2.34. The van der Waals surface area contributed by atoms with Crippen LogP contribution in [0.15, 0.2) is 48.5 Å². The van der Waals surface area contributed by atoms with E-state index < -0.39 is 18.0 Å². The molecule has 1 aliphatic rings. The van der Waals surface area contributed by atoms with Crippen molar-refractivity contribution in [3.63, 3.8) is 0 Å². The Labute approximate surface area is 190 Å². The molecule has 8 heteroatoms.